The van der Waals surface area contributed by atoms with E-state index in [9.17, 15) is 9.59 Å². The van der Waals surface area contributed by atoms with Crippen LogP contribution in [0.5, 0.6) is 0 Å². The summed E-state index contributed by atoms with van der Waals surface area (Å²) < 4.78 is 0. The van der Waals surface area contributed by atoms with Gasteiger partial charge >= 0.3 is 5.97 Å². The van der Waals surface area contributed by atoms with E-state index in [0.29, 0.717) is 19.0 Å². The van der Waals surface area contributed by atoms with Gasteiger partial charge in [-0.15, -0.1) is 0 Å². The van der Waals surface area contributed by atoms with Crippen LogP contribution in [0.15, 0.2) is 0 Å². The van der Waals surface area contributed by atoms with Gasteiger partial charge in [0.1, 0.15) is 0 Å². The van der Waals surface area contributed by atoms with E-state index < -0.39 is 5.97 Å². The third-order valence-corrected chi connectivity index (χ3v) is 1.75. The van der Waals surface area contributed by atoms with Gasteiger partial charge in [-0.25, -0.2) is 0 Å². The fourth-order valence-corrected chi connectivity index (χ4v) is 0.925. The van der Waals surface area contributed by atoms with Crippen LogP contribution in [0.2, 0.25) is 0 Å². The van der Waals surface area contributed by atoms with Gasteiger partial charge in [-0.3, -0.25) is 9.59 Å². The lowest BCUT2D eigenvalue weighted by Crippen LogP contribution is -2.31. The Bertz CT molecular complexity index is 202. The van der Waals surface area contributed by atoms with Crippen molar-refractivity contribution >= 4 is 11.9 Å². The van der Waals surface area contributed by atoms with E-state index in [1.165, 1.54) is 0 Å². The first-order valence-electron chi connectivity index (χ1n) is 4.40. The number of carboxylic acids is 1. The van der Waals surface area contributed by atoms with E-state index in [1.54, 1.807) is 0 Å². The average molecular weight is 186 g/mol. The summed E-state index contributed by atoms with van der Waals surface area (Å²) in [7, 11) is 0. The molecule has 0 radical (unpaired) electrons. The van der Waals surface area contributed by atoms with Gasteiger partial charge in [-0.2, -0.15) is 0 Å². The van der Waals surface area contributed by atoms with Crippen LogP contribution in [-0.4, -0.2) is 36.1 Å². The SMILES string of the molecule is O=C(O)CNCCC(=O)NC1CC1. The second-order valence-corrected chi connectivity index (χ2v) is 3.16. The van der Waals surface area contributed by atoms with Crippen molar-refractivity contribution in [2.24, 2.45) is 0 Å². The lowest BCUT2D eigenvalue weighted by molar-refractivity contribution is -0.136. The molecular weight excluding hydrogens is 172 g/mol. The molecule has 0 aromatic heterocycles. The topological polar surface area (TPSA) is 78.4 Å². The molecule has 1 fully saturated rings. The Morgan fingerprint density at radius 1 is 1.38 bits per heavy atom. The molecule has 0 saturated heterocycles. The van der Waals surface area contributed by atoms with Crippen LogP contribution in [-0.2, 0) is 9.59 Å². The maximum absolute atomic E-state index is 11.0. The molecule has 0 heterocycles. The predicted octanol–water partition coefficient (Wildman–Crippen LogP) is -0.671. The highest BCUT2D eigenvalue weighted by Gasteiger charge is 2.22. The van der Waals surface area contributed by atoms with Crippen molar-refractivity contribution in [3.63, 3.8) is 0 Å². The summed E-state index contributed by atoms with van der Waals surface area (Å²) in [5, 5.41) is 13.7. The number of carbonyl (C=O) groups excluding carboxylic acids is 1. The Labute approximate surface area is 76.5 Å². The van der Waals surface area contributed by atoms with E-state index in [-0.39, 0.29) is 12.5 Å². The van der Waals surface area contributed by atoms with Crippen molar-refractivity contribution in [2.45, 2.75) is 25.3 Å². The highest BCUT2D eigenvalue weighted by Crippen LogP contribution is 2.18. The molecule has 13 heavy (non-hydrogen) atoms. The zero-order chi connectivity index (χ0) is 9.68. The summed E-state index contributed by atoms with van der Waals surface area (Å²) in [4.78, 5) is 21.1. The molecule has 1 amide bonds. The van der Waals surface area contributed by atoms with Gasteiger partial charge in [0.2, 0.25) is 5.91 Å². The van der Waals surface area contributed by atoms with Gasteiger partial charge in [0.25, 0.3) is 0 Å². The third-order valence-electron chi connectivity index (χ3n) is 1.75. The number of hydrogen-bond acceptors (Lipinski definition) is 3. The first-order valence-corrected chi connectivity index (χ1v) is 4.40. The second-order valence-electron chi connectivity index (χ2n) is 3.16. The summed E-state index contributed by atoms with van der Waals surface area (Å²) in [5.74, 6) is -0.900. The minimum Gasteiger partial charge on any atom is -0.480 e. The van der Waals surface area contributed by atoms with Crippen molar-refractivity contribution in [3.05, 3.63) is 0 Å². The number of hydrogen-bond donors (Lipinski definition) is 3. The Balaban J connectivity index is 1.91. The molecule has 1 saturated carbocycles. The van der Waals surface area contributed by atoms with E-state index in [1.807, 2.05) is 0 Å². The van der Waals surface area contributed by atoms with Crippen LogP contribution in [0.4, 0.5) is 0 Å². The molecule has 0 spiro atoms. The third kappa shape index (κ3) is 5.19. The minimum atomic E-state index is -0.900. The standard InChI is InChI=1S/C8H14N2O3/c11-7(10-6-1-2-6)3-4-9-5-8(12)13/h6,9H,1-5H2,(H,10,11)(H,12,13). The van der Waals surface area contributed by atoms with Crippen molar-refractivity contribution in [1.82, 2.24) is 10.6 Å². The Morgan fingerprint density at radius 2 is 2.08 bits per heavy atom. The summed E-state index contributed by atoms with van der Waals surface area (Å²) >= 11 is 0. The van der Waals surface area contributed by atoms with Gasteiger partial charge in [0.05, 0.1) is 6.54 Å². The molecule has 0 aromatic rings. The van der Waals surface area contributed by atoms with Crippen LogP contribution >= 0.6 is 0 Å². The fourth-order valence-electron chi connectivity index (χ4n) is 0.925. The quantitative estimate of drug-likeness (QED) is 0.481. The molecule has 0 aromatic carbocycles. The number of amides is 1. The van der Waals surface area contributed by atoms with Crippen LogP contribution in [0.3, 0.4) is 0 Å². The van der Waals surface area contributed by atoms with E-state index in [0.717, 1.165) is 12.8 Å². The number of aliphatic carboxylic acids is 1. The van der Waals surface area contributed by atoms with E-state index in [2.05, 4.69) is 10.6 Å². The van der Waals surface area contributed by atoms with E-state index >= 15 is 0 Å². The summed E-state index contributed by atoms with van der Waals surface area (Å²) in [6, 6.07) is 0.381. The molecule has 1 aliphatic carbocycles. The number of carboxylic acid groups (broad SMARTS) is 1. The maximum Gasteiger partial charge on any atom is 0.317 e. The molecule has 74 valence electrons. The summed E-state index contributed by atoms with van der Waals surface area (Å²) in [6.45, 7) is 0.335. The molecule has 0 aliphatic heterocycles. The smallest absolute Gasteiger partial charge is 0.317 e. The van der Waals surface area contributed by atoms with Crippen LogP contribution < -0.4 is 10.6 Å². The number of nitrogens with one attached hydrogen (secondary N) is 2. The number of carbonyl (C=O) groups is 2. The first-order chi connectivity index (χ1) is 6.18. The van der Waals surface area contributed by atoms with Crippen LogP contribution in [0.1, 0.15) is 19.3 Å². The van der Waals surface area contributed by atoms with Gasteiger partial charge < -0.3 is 15.7 Å². The van der Waals surface area contributed by atoms with Crippen molar-refractivity contribution in [2.75, 3.05) is 13.1 Å². The largest absolute Gasteiger partial charge is 0.480 e. The second kappa shape index (κ2) is 4.81. The van der Waals surface area contributed by atoms with Gasteiger partial charge in [0.15, 0.2) is 0 Å². The highest BCUT2D eigenvalue weighted by atomic mass is 16.4. The van der Waals surface area contributed by atoms with Gasteiger partial charge in [0, 0.05) is 19.0 Å². The van der Waals surface area contributed by atoms with E-state index in [4.69, 9.17) is 5.11 Å². The lowest BCUT2D eigenvalue weighted by atomic mass is 10.4. The Morgan fingerprint density at radius 3 is 2.62 bits per heavy atom. The molecule has 0 atom stereocenters. The Kier molecular flexibility index (Phi) is 3.70. The normalized spacial score (nSPS) is 15.4. The molecule has 5 heteroatoms. The molecular formula is C8H14N2O3. The number of rotatable bonds is 6. The molecule has 0 unspecified atom stereocenters. The summed E-state index contributed by atoms with van der Waals surface area (Å²) in [6.07, 6.45) is 2.51. The van der Waals surface area contributed by atoms with Crippen molar-refractivity contribution < 1.29 is 14.7 Å². The van der Waals surface area contributed by atoms with Crippen LogP contribution in [0, 0.1) is 0 Å². The van der Waals surface area contributed by atoms with Crippen LogP contribution in [0.25, 0.3) is 0 Å². The maximum atomic E-state index is 11.0. The zero-order valence-corrected chi connectivity index (χ0v) is 7.38. The molecule has 3 N–H and O–H groups in total. The molecule has 0 bridgehead atoms. The minimum absolute atomic E-state index is 0.000360. The molecule has 1 aliphatic rings. The molecule has 1 rings (SSSR count). The van der Waals surface area contributed by atoms with Crippen molar-refractivity contribution in [1.29, 1.82) is 0 Å². The van der Waals surface area contributed by atoms with Gasteiger partial charge in [-0.05, 0) is 12.8 Å². The Hall–Kier alpha value is -1.10. The zero-order valence-electron chi connectivity index (χ0n) is 7.38. The summed E-state index contributed by atoms with van der Waals surface area (Å²) in [5.41, 5.74) is 0. The van der Waals surface area contributed by atoms with Crippen molar-refractivity contribution in [3.8, 4) is 0 Å². The lowest BCUT2D eigenvalue weighted by Gasteiger charge is -2.02. The average Bonchev–Trinajstić information content (AvgIpc) is 2.81. The van der Waals surface area contributed by atoms with Gasteiger partial charge in [-0.1, -0.05) is 0 Å². The fraction of sp³-hybridized carbons (Fsp3) is 0.750. The highest BCUT2D eigenvalue weighted by molar-refractivity contribution is 5.76. The monoisotopic (exact) mass is 186 g/mol. The first kappa shape index (κ1) is 9.98. The predicted molar refractivity (Wildman–Crippen MR) is 46.3 cm³/mol. The molecule has 5 nitrogen and oxygen atoms in total.